The smallest absolute Gasteiger partial charge is 0.226 e. The predicted molar refractivity (Wildman–Crippen MR) is 59.8 cm³/mol. The average molecular weight is 211 g/mol. The van der Waals surface area contributed by atoms with E-state index < -0.39 is 0 Å². The Balaban J connectivity index is 2.54. The van der Waals surface area contributed by atoms with Crippen LogP contribution in [0.4, 0.5) is 0 Å². The van der Waals surface area contributed by atoms with Gasteiger partial charge in [-0.25, -0.2) is 0 Å². The van der Waals surface area contributed by atoms with Gasteiger partial charge in [0.05, 0.1) is 0 Å². The Morgan fingerprint density at radius 1 is 1.40 bits per heavy atom. The molecule has 0 aliphatic carbocycles. The maximum Gasteiger partial charge on any atom is 0.226 e. The average Bonchev–Trinajstić information content (AvgIpc) is 2.61. The van der Waals surface area contributed by atoms with Gasteiger partial charge >= 0.3 is 0 Å². The normalized spacial score (nSPS) is 14.2. The summed E-state index contributed by atoms with van der Waals surface area (Å²) in [4.78, 5) is 4.38. The second-order valence-electron chi connectivity index (χ2n) is 4.99. The minimum absolute atomic E-state index is 0.0314. The van der Waals surface area contributed by atoms with Gasteiger partial charge in [-0.05, 0) is 20.4 Å². The third-order valence-electron chi connectivity index (χ3n) is 2.42. The van der Waals surface area contributed by atoms with Crippen molar-refractivity contribution in [2.75, 3.05) is 7.05 Å². The van der Waals surface area contributed by atoms with Crippen molar-refractivity contribution >= 4 is 0 Å². The zero-order chi connectivity index (χ0) is 11.5. The van der Waals surface area contributed by atoms with Gasteiger partial charge in [0.25, 0.3) is 0 Å². The summed E-state index contributed by atoms with van der Waals surface area (Å²) in [5, 5.41) is 7.17. The fourth-order valence-corrected chi connectivity index (χ4v) is 1.15. The molecule has 0 aliphatic heterocycles. The maximum atomic E-state index is 5.20. The number of aryl methyl sites for hydroxylation is 1. The summed E-state index contributed by atoms with van der Waals surface area (Å²) in [5.74, 6) is 1.52. The number of nitrogens with one attached hydrogen (secondary N) is 1. The van der Waals surface area contributed by atoms with Crippen LogP contribution in [0.5, 0.6) is 0 Å². The summed E-state index contributed by atoms with van der Waals surface area (Å²) in [7, 11) is 1.96. The van der Waals surface area contributed by atoms with Crippen LogP contribution < -0.4 is 5.32 Å². The van der Waals surface area contributed by atoms with Crippen molar-refractivity contribution in [3.8, 4) is 0 Å². The Hall–Kier alpha value is -0.900. The molecule has 0 fully saturated rings. The Bertz CT molecular complexity index is 301. The van der Waals surface area contributed by atoms with Crippen LogP contribution in [0.1, 0.15) is 45.8 Å². The van der Waals surface area contributed by atoms with Gasteiger partial charge in [0.15, 0.2) is 5.82 Å². The molecule has 1 atom stereocenters. The van der Waals surface area contributed by atoms with Crippen LogP contribution in [0.2, 0.25) is 0 Å². The molecule has 0 saturated carbocycles. The molecule has 1 rings (SSSR count). The fourth-order valence-electron chi connectivity index (χ4n) is 1.15. The van der Waals surface area contributed by atoms with Crippen molar-refractivity contribution in [1.29, 1.82) is 0 Å². The second kappa shape index (κ2) is 4.75. The lowest BCUT2D eigenvalue weighted by Gasteiger charge is -2.11. The Kier molecular flexibility index (Phi) is 3.85. The zero-order valence-corrected chi connectivity index (χ0v) is 10.3. The third kappa shape index (κ3) is 3.63. The Morgan fingerprint density at radius 3 is 2.53 bits per heavy atom. The molecule has 0 amide bonds. The standard InChI is InChI=1S/C11H21N3O/c1-8(12-5)6-7-9-13-10(14-15-9)11(2,3)4/h8,12H,6-7H2,1-5H3. The van der Waals surface area contributed by atoms with Gasteiger partial charge in [0.2, 0.25) is 5.89 Å². The lowest BCUT2D eigenvalue weighted by molar-refractivity contribution is 0.356. The highest BCUT2D eigenvalue weighted by molar-refractivity contribution is 4.99. The van der Waals surface area contributed by atoms with E-state index in [9.17, 15) is 0 Å². The SMILES string of the molecule is CNC(C)CCc1nc(C(C)(C)C)no1. The molecule has 0 saturated heterocycles. The van der Waals surface area contributed by atoms with Crippen LogP contribution in [0.15, 0.2) is 4.52 Å². The van der Waals surface area contributed by atoms with Gasteiger partial charge < -0.3 is 9.84 Å². The van der Waals surface area contributed by atoms with Crippen LogP contribution in [-0.2, 0) is 11.8 Å². The fraction of sp³-hybridized carbons (Fsp3) is 0.818. The summed E-state index contributed by atoms with van der Waals surface area (Å²) < 4.78 is 5.20. The second-order valence-corrected chi connectivity index (χ2v) is 4.99. The monoisotopic (exact) mass is 211 g/mol. The molecule has 1 aromatic heterocycles. The third-order valence-corrected chi connectivity index (χ3v) is 2.42. The minimum atomic E-state index is -0.0314. The van der Waals surface area contributed by atoms with Crippen molar-refractivity contribution in [1.82, 2.24) is 15.5 Å². The lowest BCUT2D eigenvalue weighted by Crippen LogP contribution is -2.21. The van der Waals surface area contributed by atoms with Crippen molar-refractivity contribution in [2.45, 2.75) is 52.0 Å². The van der Waals surface area contributed by atoms with Crippen LogP contribution >= 0.6 is 0 Å². The van der Waals surface area contributed by atoms with Gasteiger partial charge in [-0.3, -0.25) is 0 Å². The molecule has 1 N–H and O–H groups in total. The van der Waals surface area contributed by atoms with E-state index in [0.717, 1.165) is 24.6 Å². The van der Waals surface area contributed by atoms with Crippen molar-refractivity contribution in [3.63, 3.8) is 0 Å². The van der Waals surface area contributed by atoms with Gasteiger partial charge in [-0.1, -0.05) is 25.9 Å². The summed E-state index contributed by atoms with van der Waals surface area (Å²) in [6.07, 6.45) is 1.85. The highest BCUT2D eigenvalue weighted by Gasteiger charge is 2.20. The number of hydrogen-bond donors (Lipinski definition) is 1. The molecule has 0 aromatic carbocycles. The molecular formula is C11H21N3O. The van der Waals surface area contributed by atoms with E-state index in [-0.39, 0.29) is 5.41 Å². The van der Waals surface area contributed by atoms with E-state index in [2.05, 4.69) is 43.2 Å². The number of aromatic nitrogens is 2. The molecule has 15 heavy (non-hydrogen) atoms. The maximum absolute atomic E-state index is 5.20. The lowest BCUT2D eigenvalue weighted by atomic mass is 9.96. The zero-order valence-electron chi connectivity index (χ0n) is 10.3. The first-order valence-electron chi connectivity index (χ1n) is 5.44. The number of rotatable bonds is 4. The highest BCUT2D eigenvalue weighted by atomic mass is 16.5. The van der Waals surface area contributed by atoms with Crippen molar-refractivity contribution in [3.05, 3.63) is 11.7 Å². The quantitative estimate of drug-likeness (QED) is 0.826. The van der Waals surface area contributed by atoms with Crippen LogP contribution in [0, 0.1) is 0 Å². The van der Waals surface area contributed by atoms with Crippen LogP contribution in [-0.4, -0.2) is 23.2 Å². The van der Waals surface area contributed by atoms with Gasteiger partial charge in [0.1, 0.15) is 0 Å². The Labute approximate surface area is 91.5 Å². The first-order valence-corrected chi connectivity index (χ1v) is 5.44. The summed E-state index contributed by atoms with van der Waals surface area (Å²) in [5.41, 5.74) is -0.0314. The molecule has 1 unspecified atom stereocenters. The van der Waals surface area contributed by atoms with E-state index >= 15 is 0 Å². The van der Waals surface area contributed by atoms with Gasteiger partial charge in [-0.2, -0.15) is 4.98 Å². The van der Waals surface area contributed by atoms with Crippen molar-refractivity contribution in [2.24, 2.45) is 0 Å². The molecule has 4 heteroatoms. The van der Waals surface area contributed by atoms with Gasteiger partial charge in [0, 0.05) is 17.9 Å². The Morgan fingerprint density at radius 2 is 2.07 bits per heavy atom. The largest absolute Gasteiger partial charge is 0.339 e. The molecule has 1 aromatic rings. The molecule has 0 radical (unpaired) electrons. The van der Waals surface area contributed by atoms with Gasteiger partial charge in [-0.15, -0.1) is 0 Å². The van der Waals surface area contributed by atoms with Crippen molar-refractivity contribution < 1.29 is 4.52 Å². The molecule has 4 nitrogen and oxygen atoms in total. The van der Waals surface area contributed by atoms with E-state index in [1.165, 1.54) is 0 Å². The van der Waals surface area contributed by atoms with E-state index in [0.29, 0.717) is 6.04 Å². The first kappa shape index (κ1) is 12.2. The first-order chi connectivity index (χ1) is 6.93. The highest BCUT2D eigenvalue weighted by Crippen LogP contribution is 2.18. The predicted octanol–water partition coefficient (Wildman–Crippen LogP) is 1.91. The van der Waals surface area contributed by atoms with Crippen LogP contribution in [0.3, 0.4) is 0 Å². The van der Waals surface area contributed by atoms with E-state index in [1.807, 2.05) is 7.05 Å². The number of hydrogen-bond acceptors (Lipinski definition) is 4. The minimum Gasteiger partial charge on any atom is -0.339 e. The molecule has 0 aliphatic rings. The molecule has 1 heterocycles. The number of nitrogens with zero attached hydrogens (tertiary/aromatic N) is 2. The molecule has 86 valence electrons. The summed E-state index contributed by atoms with van der Waals surface area (Å²) >= 11 is 0. The van der Waals surface area contributed by atoms with E-state index in [4.69, 9.17) is 4.52 Å². The molecular weight excluding hydrogens is 190 g/mol. The summed E-state index contributed by atoms with van der Waals surface area (Å²) in [6, 6.07) is 0.481. The topological polar surface area (TPSA) is 51.0 Å². The summed E-state index contributed by atoms with van der Waals surface area (Å²) in [6.45, 7) is 8.38. The molecule has 0 spiro atoms. The molecule has 0 bridgehead atoms. The van der Waals surface area contributed by atoms with E-state index in [1.54, 1.807) is 0 Å². The van der Waals surface area contributed by atoms with Crippen LogP contribution in [0.25, 0.3) is 0 Å².